The molecule has 0 saturated carbocycles. The van der Waals surface area contributed by atoms with E-state index in [1.807, 2.05) is 19.1 Å². The van der Waals surface area contributed by atoms with Gasteiger partial charge in [0.2, 0.25) is 0 Å². The first-order chi connectivity index (χ1) is 10.1. The molecule has 1 aromatic carbocycles. The Morgan fingerprint density at radius 3 is 2.62 bits per heavy atom. The molecule has 0 unspecified atom stereocenters. The molecule has 108 valence electrons. The maximum atomic E-state index is 12.3. The van der Waals surface area contributed by atoms with Crippen molar-refractivity contribution in [3.05, 3.63) is 46.8 Å². The first kappa shape index (κ1) is 14.6. The van der Waals surface area contributed by atoms with Gasteiger partial charge in [-0.15, -0.1) is 0 Å². The average molecular weight is 283 g/mol. The van der Waals surface area contributed by atoms with Crippen LogP contribution in [0.3, 0.4) is 0 Å². The maximum Gasteiger partial charge on any atom is 0.276 e. The van der Waals surface area contributed by atoms with Gasteiger partial charge in [-0.25, -0.2) is 0 Å². The number of nitrogens with one attached hydrogen (secondary N) is 1. The minimum atomic E-state index is -0.229. The van der Waals surface area contributed by atoms with Crippen LogP contribution in [-0.2, 0) is 13.0 Å². The van der Waals surface area contributed by atoms with Crippen molar-refractivity contribution in [1.82, 2.24) is 15.1 Å². The number of rotatable bonds is 4. The van der Waals surface area contributed by atoms with Crippen molar-refractivity contribution in [3.63, 3.8) is 0 Å². The van der Waals surface area contributed by atoms with Crippen molar-refractivity contribution in [3.8, 4) is 6.07 Å². The zero-order chi connectivity index (χ0) is 15.4. The lowest BCUT2D eigenvalue weighted by molar-refractivity contribution is 0.0780. The van der Waals surface area contributed by atoms with Crippen molar-refractivity contribution >= 4 is 11.6 Å². The van der Waals surface area contributed by atoms with Gasteiger partial charge in [-0.3, -0.25) is 9.89 Å². The lowest BCUT2D eigenvalue weighted by atomic mass is 10.1. The lowest BCUT2D eigenvalue weighted by Gasteiger charge is -2.16. The number of aromatic nitrogens is 2. The summed E-state index contributed by atoms with van der Waals surface area (Å²) in [6, 6.07) is 9.17. The number of carbonyl (C=O) groups excluding carboxylic acids is 1. The summed E-state index contributed by atoms with van der Waals surface area (Å²) in [7, 11) is 1.69. The standard InChI is InChI=1S/C15H17N5O/c1-3-12-13(17)14(19-18-12)15(21)20(2)9-11-6-4-10(8-16)5-7-11/h4-7H,3,9,17H2,1-2H3,(H,18,19). The summed E-state index contributed by atoms with van der Waals surface area (Å²) in [6.07, 6.45) is 0.700. The van der Waals surface area contributed by atoms with Crippen LogP contribution in [0.15, 0.2) is 24.3 Å². The normalized spacial score (nSPS) is 10.1. The van der Waals surface area contributed by atoms with Gasteiger partial charge in [-0.2, -0.15) is 10.4 Å². The van der Waals surface area contributed by atoms with Crippen LogP contribution < -0.4 is 5.73 Å². The molecule has 0 bridgehead atoms. The van der Waals surface area contributed by atoms with Gasteiger partial charge in [-0.1, -0.05) is 19.1 Å². The Bertz CT molecular complexity index is 681. The predicted octanol–water partition coefficient (Wildman–Crippen LogP) is 1.70. The third-order valence-corrected chi connectivity index (χ3v) is 3.29. The SMILES string of the molecule is CCc1[nH]nc(C(=O)N(C)Cc2ccc(C#N)cc2)c1N. The first-order valence-electron chi connectivity index (χ1n) is 6.64. The van der Waals surface area contributed by atoms with E-state index in [1.54, 1.807) is 24.1 Å². The van der Waals surface area contributed by atoms with Gasteiger partial charge < -0.3 is 10.6 Å². The minimum Gasteiger partial charge on any atom is -0.395 e. The summed E-state index contributed by atoms with van der Waals surface area (Å²) < 4.78 is 0. The van der Waals surface area contributed by atoms with Crippen LogP contribution in [0, 0.1) is 11.3 Å². The van der Waals surface area contributed by atoms with Crippen molar-refractivity contribution in [2.24, 2.45) is 0 Å². The highest BCUT2D eigenvalue weighted by Gasteiger charge is 2.20. The molecule has 0 atom stereocenters. The monoisotopic (exact) mass is 283 g/mol. The summed E-state index contributed by atoms with van der Waals surface area (Å²) in [6.45, 7) is 2.37. The van der Waals surface area contributed by atoms with Crippen LogP contribution in [0.2, 0.25) is 0 Å². The molecule has 2 aromatic rings. The number of hydrogen-bond donors (Lipinski definition) is 2. The molecule has 1 heterocycles. The predicted molar refractivity (Wildman–Crippen MR) is 79.3 cm³/mol. The number of aryl methyl sites for hydroxylation is 1. The molecule has 0 aliphatic rings. The van der Waals surface area contributed by atoms with Crippen LogP contribution >= 0.6 is 0 Å². The first-order valence-corrected chi connectivity index (χ1v) is 6.64. The number of hydrogen-bond acceptors (Lipinski definition) is 4. The molecule has 21 heavy (non-hydrogen) atoms. The third-order valence-electron chi connectivity index (χ3n) is 3.29. The van der Waals surface area contributed by atoms with Crippen LogP contribution in [0.1, 0.15) is 34.2 Å². The molecule has 0 spiro atoms. The molecular weight excluding hydrogens is 266 g/mol. The van der Waals surface area contributed by atoms with Crippen molar-refractivity contribution in [1.29, 1.82) is 5.26 Å². The van der Waals surface area contributed by atoms with Gasteiger partial charge in [0.1, 0.15) is 0 Å². The van der Waals surface area contributed by atoms with E-state index in [0.29, 0.717) is 24.2 Å². The second-order valence-electron chi connectivity index (χ2n) is 4.79. The zero-order valence-electron chi connectivity index (χ0n) is 12.1. The number of benzene rings is 1. The van der Waals surface area contributed by atoms with Gasteiger partial charge in [0.05, 0.1) is 23.0 Å². The Kier molecular flexibility index (Phi) is 4.24. The molecule has 1 aromatic heterocycles. The van der Waals surface area contributed by atoms with Gasteiger partial charge >= 0.3 is 0 Å². The molecule has 2 rings (SSSR count). The third kappa shape index (κ3) is 3.03. The van der Waals surface area contributed by atoms with E-state index < -0.39 is 0 Å². The van der Waals surface area contributed by atoms with E-state index in [4.69, 9.17) is 11.0 Å². The fraction of sp³-hybridized carbons (Fsp3) is 0.267. The van der Waals surface area contributed by atoms with E-state index >= 15 is 0 Å². The van der Waals surface area contributed by atoms with Crippen LogP contribution in [0.25, 0.3) is 0 Å². The number of nitrogens with two attached hydrogens (primary N) is 1. The van der Waals surface area contributed by atoms with Crippen molar-refractivity contribution in [2.75, 3.05) is 12.8 Å². The maximum absolute atomic E-state index is 12.3. The summed E-state index contributed by atoms with van der Waals surface area (Å²) in [4.78, 5) is 13.9. The summed E-state index contributed by atoms with van der Waals surface area (Å²) in [5.74, 6) is -0.229. The quantitative estimate of drug-likeness (QED) is 0.892. The molecule has 0 aliphatic carbocycles. The van der Waals surface area contributed by atoms with Gasteiger partial charge in [-0.05, 0) is 24.1 Å². The van der Waals surface area contributed by atoms with E-state index in [1.165, 1.54) is 0 Å². The summed E-state index contributed by atoms with van der Waals surface area (Å²) in [5, 5.41) is 15.5. The Morgan fingerprint density at radius 1 is 1.43 bits per heavy atom. The van der Waals surface area contributed by atoms with Gasteiger partial charge in [0.15, 0.2) is 5.69 Å². The molecule has 3 N–H and O–H groups in total. The van der Waals surface area contributed by atoms with Crippen molar-refractivity contribution < 1.29 is 4.79 Å². The smallest absolute Gasteiger partial charge is 0.276 e. The number of aromatic amines is 1. The average Bonchev–Trinajstić information content (AvgIpc) is 2.88. The Hall–Kier alpha value is -2.81. The number of nitrogens with zero attached hydrogens (tertiary/aromatic N) is 3. The van der Waals surface area contributed by atoms with Crippen LogP contribution in [0.5, 0.6) is 0 Å². The highest BCUT2D eigenvalue weighted by Crippen LogP contribution is 2.17. The number of anilines is 1. The number of nitrogen functional groups attached to an aromatic ring is 1. The lowest BCUT2D eigenvalue weighted by Crippen LogP contribution is -2.27. The summed E-state index contributed by atoms with van der Waals surface area (Å²) >= 11 is 0. The Balaban J connectivity index is 2.11. The molecule has 6 nitrogen and oxygen atoms in total. The largest absolute Gasteiger partial charge is 0.395 e. The fourth-order valence-corrected chi connectivity index (χ4v) is 2.03. The Morgan fingerprint density at radius 2 is 2.10 bits per heavy atom. The molecule has 1 amide bonds. The van der Waals surface area contributed by atoms with Crippen LogP contribution in [-0.4, -0.2) is 28.1 Å². The van der Waals surface area contributed by atoms with E-state index in [9.17, 15) is 4.79 Å². The van der Waals surface area contributed by atoms with Gasteiger partial charge in [0, 0.05) is 13.6 Å². The van der Waals surface area contributed by atoms with E-state index in [0.717, 1.165) is 11.3 Å². The highest BCUT2D eigenvalue weighted by atomic mass is 16.2. The second-order valence-corrected chi connectivity index (χ2v) is 4.79. The molecule has 0 radical (unpaired) electrons. The molecular formula is C15H17N5O. The van der Waals surface area contributed by atoms with Gasteiger partial charge in [0.25, 0.3) is 5.91 Å². The van der Waals surface area contributed by atoms with Crippen molar-refractivity contribution in [2.45, 2.75) is 19.9 Å². The highest BCUT2D eigenvalue weighted by molar-refractivity contribution is 5.97. The van der Waals surface area contributed by atoms with E-state index in [-0.39, 0.29) is 11.6 Å². The van der Waals surface area contributed by atoms with Crippen LogP contribution in [0.4, 0.5) is 5.69 Å². The minimum absolute atomic E-state index is 0.229. The molecule has 0 fully saturated rings. The zero-order valence-corrected chi connectivity index (χ0v) is 12.1. The number of amides is 1. The summed E-state index contributed by atoms with van der Waals surface area (Å²) in [5.41, 5.74) is 8.87. The fourth-order valence-electron chi connectivity index (χ4n) is 2.03. The number of carbonyl (C=O) groups is 1. The van der Waals surface area contributed by atoms with E-state index in [2.05, 4.69) is 16.3 Å². The molecule has 0 saturated heterocycles. The topological polar surface area (TPSA) is 98.8 Å². The Labute approximate surface area is 123 Å². The number of nitriles is 1. The second kappa shape index (κ2) is 6.09. The number of H-pyrrole nitrogens is 1. The molecule has 0 aliphatic heterocycles. The molecule has 6 heteroatoms.